The number of aromatic nitrogens is 2. The Bertz CT molecular complexity index is 384. The maximum Gasteiger partial charge on any atom is 0.306 e. The lowest BCUT2D eigenvalue weighted by Crippen LogP contribution is -2.27. The van der Waals surface area contributed by atoms with E-state index in [1.165, 1.54) is 0 Å². The van der Waals surface area contributed by atoms with Crippen LogP contribution in [0.5, 0.6) is 0 Å². The van der Waals surface area contributed by atoms with Crippen LogP contribution in [0.2, 0.25) is 0 Å². The van der Waals surface area contributed by atoms with Crippen LogP contribution in [0.4, 0.5) is 5.95 Å². The third-order valence-electron chi connectivity index (χ3n) is 2.82. The number of carboxylic acids is 1. The molecular formula is C10H15N3O2. The fraction of sp³-hybridized carbons (Fsp3) is 0.600. The second-order valence-electron chi connectivity index (χ2n) is 4.12. The number of imidazole rings is 1. The largest absolute Gasteiger partial charge is 0.481 e. The van der Waals surface area contributed by atoms with Crippen LogP contribution in [-0.2, 0) is 17.8 Å². The zero-order valence-corrected chi connectivity index (χ0v) is 8.97. The van der Waals surface area contributed by atoms with E-state index < -0.39 is 5.97 Å². The Hall–Kier alpha value is -1.52. The molecule has 2 heterocycles. The molecule has 1 unspecified atom stereocenters. The van der Waals surface area contributed by atoms with E-state index in [0.29, 0.717) is 12.8 Å². The highest BCUT2D eigenvalue weighted by atomic mass is 16.4. The molecule has 0 aliphatic carbocycles. The van der Waals surface area contributed by atoms with Crippen molar-refractivity contribution in [3.63, 3.8) is 0 Å². The quantitative estimate of drug-likeness (QED) is 0.774. The van der Waals surface area contributed by atoms with Gasteiger partial charge in [-0.2, -0.15) is 0 Å². The molecule has 0 fully saturated rings. The molecule has 0 bridgehead atoms. The minimum atomic E-state index is -0.700. The number of hydrogen-bond donors (Lipinski definition) is 1. The summed E-state index contributed by atoms with van der Waals surface area (Å²) in [7, 11) is 3.89. The van der Waals surface area contributed by atoms with Crippen LogP contribution in [0.3, 0.4) is 0 Å². The molecule has 1 atom stereocenters. The number of rotatable bonds is 2. The van der Waals surface area contributed by atoms with Crippen molar-refractivity contribution in [1.82, 2.24) is 9.55 Å². The highest BCUT2D eigenvalue weighted by Crippen LogP contribution is 2.24. The number of fused-ring (bicyclic) bond motifs is 1. The molecule has 1 aliphatic rings. The van der Waals surface area contributed by atoms with Crippen LogP contribution in [-0.4, -0.2) is 34.7 Å². The Kier molecular flexibility index (Phi) is 2.38. The van der Waals surface area contributed by atoms with Gasteiger partial charge in [-0.15, -0.1) is 0 Å². The highest BCUT2D eigenvalue weighted by molar-refractivity contribution is 5.70. The van der Waals surface area contributed by atoms with Crippen molar-refractivity contribution in [1.29, 1.82) is 0 Å². The standard InChI is InChI=1S/C10H15N3O2/c1-12(2)10-11-6-8-5-7(9(14)15)3-4-13(8)10/h6-7H,3-5H2,1-2H3,(H,14,15). The fourth-order valence-corrected chi connectivity index (χ4v) is 2.01. The molecule has 0 aromatic carbocycles. The third kappa shape index (κ3) is 1.69. The Morgan fingerprint density at radius 3 is 3.00 bits per heavy atom. The Morgan fingerprint density at radius 2 is 2.40 bits per heavy atom. The van der Waals surface area contributed by atoms with E-state index in [4.69, 9.17) is 5.11 Å². The van der Waals surface area contributed by atoms with Crippen LogP contribution in [0, 0.1) is 5.92 Å². The second kappa shape index (κ2) is 3.56. The van der Waals surface area contributed by atoms with Gasteiger partial charge in [0.15, 0.2) is 0 Å². The van der Waals surface area contributed by atoms with E-state index in [-0.39, 0.29) is 5.92 Å². The maximum atomic E-state index is 10.9. The first kappa shape index (κ1) is 10.0. The Morgan fingerprint density at radius 1 is 1.67 bits per heavy atom. The molecule has 0 amide bonds. The van der Waals surface area contributed by atoms with E-state index in [0.717, 1.165) is 18.2 Å². The van der Waals surface area contributed by atoms with Gasteiger partial charge in [-0.3, -0.25) is 4.79 Å². The van der Waals surface area contributed by atoms with Crippen molar-refractivity contribution in [3.8, 4) is 0 Å². The molecule has 0 saturated heterocycles. The molecule has 15 heavy (non-hydrogen) atoms. The lowest BCUT2D eigenvalue weighted by Gasteiger charge is -2.23. The predicted molar refractivity (Wildman–Crippen MR) is 56.0 cm³/mol. The van der Waals surface area contributed by atoms with Crippen LogP contribution in [0.15, 0.2) is 6.20 Å². The summed E-state index contributed by atoms with van der Waals surface area (Å²) in [6, 6.07) is 0. The summed E-state index contributed by atoms with van der Waals surface area (Å²) in [6.45, 7) is 0.750. The normalized spacial score (nSPS) is 19.7. The first-order valence-electron chi connectivity index (χ1n) is 5.04. The molecule has 5 nitrogen and oxygen atoms in total. The number of aliphatic carboxylic acids is 1. The third-order valence-corrected chi connectivity index (χ3v) is 2.82. The van der Waals surface area contributed by atoms with Crippen LogP contribution >= 0.6 is 0 Å². The second-order valence-corrected chi connectivity index (χ2v) is 4.12. The molecule has 5 heteroatoms. The van der Waals surface area contributed by atoms with Crippen LogP contribution < -0.4 is 4.90 Å². The zero-order chi connectivity index (χ0) is 11.0. The smallest absolute Gasteiger partial charge is 0.306 e. The fourth-order valence-electron chi connectivity index (χ4n) is 2.01. The van der Waals surface area contributed by atoms with Crippen molar-refractivity contribution in [2.75, 3.05) is 19.0 Å². The molecule has 1 N–H and O–H groups in total. The van der Waals surface area contributed by atoms with E-state index in [2.05, 4.69) is 9.55 Å². The minimum absolute atomic E-state index is 0.246. The number of carboxylic acid groups (broad SMARTS) is 1. The lowest BCUT2D eigenvalue weighted by atomic mass is 9.97. The molecule has 1 aromatic heterocycles. The average Bonchev–Trinajstić information content (AvgIpc) is 2.59. The van der Waals surface area contributed by atoms with Crippen LogP contribution in [0.25, 0.3) is 0 Å². The average molecular weight is 209 g/mol. The van der Waals surface area contributed by atoms with Crippen molar-refractivity contribution < 1.29 is 9.90 Å². The van der Waals surface area contributed by atoms with Gasteiger partial charge >= 0.3 is 5.97 Å². The summed E-state index contributed by atoms with van der Waals surface area (Å²) in [5, 5.41) is 8.94. The van der Waals surface area contributed by atoms with Crippen molar-refractivity contribution >= 4 is 11.9 Å². The molecular weight excluding hydrogens is 194 g/mol. The predicted octanol–water partition coefficient (Wildman–Crippen LogP) is 0.596. The SMILES string of the molecule is CN(C)c1ncc2n1CCC(C(=O)O)C2. The Labute approximate surface area is 88.3 Å². The summed E-state index contributed by atoms with van der Waals surface area (Å²) in [6.07, 6.45) is 3.07. The molecule has 1 aromatic rings. The number of nitrogens with zero attached hydrogens (tertiary/aromatic N) is 3. The van der Waals surface area contributed by atoms with Gasteiger partial charge in [0.1, 0.15) is 0 Å². The van der Waals surface area contributed by atoms with Gasteiger partial charge in [-0.1, -0.05) is 0 Å². The topological polar surface area (TPSA) is 58.4 Å². The Balaban J connectivity index is 2.26. The summed E-state index contributed by atoms with van der Waals surface area (Å²) in [5.41, 5.74) is 1.03. The molecule has 0 saturated carbocycles. The van der Waals surface area contributed by atoms with Gasteiger partial charge in [0, 0.05) is 32.8 Å². The monoisotopic (exact) mass is 209 g/mol. The van der Waals surface area contributed by atoms with Gasteiger partial charge < -0.3 is 14.6 Å². The number of hydrogen-bond acceptors (Lipinski definition) is 3. The molecule has 2 rings (SSSR count). The van der Waals surface area contributed by atoms with Crippen LogP contribution in [0.1, 0.15) is 12.1 Å². The van der Waals surface area contributed by atoms with Crippen molar-refractivity contribution in [2.24, 2.45) is 5.92 Å². The summed E-state index contributed by atoms with van der Waals surface area (Å²) < 4.78 is 2.10. The van der Waals surface area contributed by atoms with E-state index in [1.807, 2.05) is 19.0 Å². The first-order valence-corrected chi connectivity index (χ1v) is 5.04. The van der Waals surface area contributed by atoms with E-state index in [9.17, 15) is 4.79 Å². The van der Waals surface area contributed by atoms with Gasteiger partial charge in [0.2, 0.25) is 5.95 Å². The van der Waals surface area contributed by atoms with Gasteiger partial charge in [-0.05, 0) is 6.42 Å². The lowest BCUT2D eigenvalue weighted by molar-refractivity contribution is -0.142. The molecule has 82 valence electrons. The highest BCUT2D eigenvalue weighted by Gasteiger charge is 2.26. The molecule has 0 radical (unpaired) electrons. The maximum absolute atomic E-state index is 10.9. The molecule has 1 aliphatic heterocycles. The number of anilines is 1. The first-order chi connectivity index (χ1) is 7.09. The van der Waals surface area contributed by atoms with Crippen molar-refractivity contribution in [3.05, 3.63) is 11.9 Å². The van der Waals surface area contributed by atoms with E-state index >= 15 is 0 Å². The summed E-state index contributed by atoms with van der Waals surface area (Å²) >= 11 is 0. The van der Waals surface area contributed by atoms with Gasteiger partial charge in [-0.25, -0.2) is 4.98 Å². The summed E-state index contributed by atoms with van der Waals surface area (Å²) in [4.78, 5) is 17.1. The van der Waals surface area contributed by atoms with E-state index in [1.54, 1.807) is 6.20 Å². The van der Waals surface area contributed by atoms with Gasteiger partial charge in [0.05, 0.1) is 12.1 Å². The minimum Gasteiger partial charge on any atom is -0.481 e. The van der Waals surface area contributed by atoms with Gasteiger partial charge in [0.25, 0.3) is 0 Å². The zero-order valence-electron chi connectivity index (χ0n) is 8.97. The summed E-state index contributed by atoms with van der Waals surface area (Å²) in [5.74, 6) is -0.0353. The molecule has 0 spiro atoms. The van der Waals surface area contributed by atoms with Crippen molar-refractivity contribution in [2.45, 2.75) is 19.4 Å². The number of carbonyl (C=O) groups is 1.